The Kier molecular flexibility index (Phi) is 3.98. The van der Waals surface area contributed by atoms with Crippen LogP contribution in [0.4, 0.5) is 0 Å². The molecule has 2 nitrogen and oxygen atoms in total. The van der Waals surface area contributed by atoms with E-state index in [0.717, 1.165) is 18.3 Å². The summed E-state index contributed by atoms with van der Waals surface area (Å²) < 4.78 is 0. The van der Waals surface area contributed by atoms with Crippen LogP contribution < -0.4 is 5.73 Å². The van der Waals surface area contributed by atoms with Gasteiger partial charge in [0.25, 0.3) is 0 Å². The highest BCUT2D eigenvalue weighted by molar-refractivity contribution is 8.06. The molecule has 0 aromatic rings. The Bertz CT molecular complexity index is 410. The molecular formula is C17H29NOS. The Hall–Kier alpha value is 0.01000. The molecule has 2 bridgehead atoms. The first-order chi connectivity index (χ1) is 9.44. The maximum atomic E-state index is 9.46. The predicted molar refractivity (Wildman–Crippen MR) is 86.1 cm³/mol. The highest BCUT2D eigenvalue weighted by Crippen LogP contribution is 2.59. The Morgan fingerprint density at radius 1 is 1.25 bits per heavy atom. The molecule has 114 valence electrons. The Morgan fingerprint density at radius 2 is 1.95 bits per heavy atom. The zero-order valence-corrected chi connectivity index (χ0v) is 13.8. The van der Waals surface area contributed by atoms with Gasteiger partial charge in [-0.1, -0.05) is 26.8 Å². The highest BCUT2D eigenvalue weighted by atomic mass is 32.2. The summed E-state index contributed by atoms with van der Waals surface area (Å²) in [6, 6.07) is 0. The number of allylic oxidation sites excluding steroid dienone is 1. The molecule has 4 aliphatic rings. The number of aliphatic hydroxyl groups excluding tert-OH is 1. The van der Waals surface area contributed by atoms with Crippen molar-refractivity contribution in [3.05, 3.63) is 11.0 Å². The van der Waals surface area contributed by atoms with Gasteiger partial charge in [-0.3, -0.25) is 0 Å². The Labute approximate surface area is 127 Å². The molecule has 4 rings (SSSR count). The topological polar surface area (TPSA) is 46.2 Å². The zero-order chi connectivity index (χ0) is 14.5. The van der Waals surface area contributed by atoms with Crippen LogP contribution in [0.1, 0.15) is 46.5 Å². The van der Waals surface area contributed by atoms with Crippen molar-refractivity contribution in [1.29, 1.82) is 0 Å². The van der Waals surface area contributed by atoms with Gasteiger partial charge >= 0.3 is 0 Å². The van der Waals surface area contributed by atoms with E-state index in [2.05, 4.69) is 26.8 Å². The van der Waals surface area contributed by atoms with E-state index >= 15 is 0 Å². The van der Waals surface area contributed by atoms with Crippen LogP contribution in [0.3, 0.4) is 0 Å². The largest absolute Gasteiger partial charge is 0.396 e. The van der Waals surface area contributed by atoms with Gasteiger partial charge in [-0.25, -0.2) is 0 Å². The number of aliphatic hydroxyl groups is 1. The summed E-state index contributed by atoms with van der Waals surface area (Å²) in [5.41, 5.74) is 6.44. The molecule has 20 heavy (non-hydrogen) atoms. The number of fused-ring (bicyclic) bond motifs is 2. The Balaban J connectivity index is 1.54. The fourth-order valence-electron chi connectivity index (χ4n) is 4.59. The van der Waals surface area contributed by atoms with Crippen LogP contribution >= 0.6 is 11.8 Å². The minimum Gasteiger partial charge on any atom is -0.396 e. The molecule has 7 unspecified atom stereocenters. The molecule has 2 fully saturated rings. The second kappa shape index (κ2) is 5.33. The van der Waals surface area contributed by atoms with Gasteiger partial charge in [0, 0.05) is 12.5 Å². The van der Waals surface area contributed by atoms with Crippen LogP contribution in [0.5, 0.6) is 0 Å². The van der Waals surface area contributed by atoms with Crippen LogP contribution in [-0.4, -0.2) is 16.6 Å². The predicted octanol–water partition coefficient (Wildman–Crippen LogP) is 3.61. The van der Waals surface area contributed by atoms with E-state index in [1.54, 1.807) is 0 Å². The first-order valence-electron chi connectivity index (χ1n) is 8.25. The van der Waals surface area contributed by atoms with Crippen LogP contribution in [0, 0.1) is 35.5 Å². The van der Waals surface area contributed by atoms with Gasteiger partial charge in [-0.2, -0.15) is 0 Å². The lowest BCUT2D eigenvalue weighted by Gasteiger charge is -2.52. The smallest absolute Gasteiger partial charge is 0.0740 e. The van der Waals surface area contributed by atoms with Crippen molar-refractivity contribution in [3.63, 3.8) is 0 Å². The van der Waals surface area contributed by atoms with Crippen molar-refractivity contribution in [3.8, 4) is 0 Å². The van der Waals surface area contributed by atoms with Crippen molar-refractivity contribution in [2.45, 2.75) is 51.3 Å². The van der Waals surface area contributed by atoms with Crippen molar-refractivity contribution >= 4 is 11.8 Å². The number of rotatable bonds is 4. The highest BCUT2D eigenvalue weighted by Gasteiger charge is 2.50. The second-order valence-corrected chi connectivity index (χ2v) is 8.98. The van der Waals surface area contributed by atoms with Gasteiger partial charge in [0.1, 0.15) is 0 Å². The maximum Gasteiger partial charge on any atom is 0.0740 e. The van der Waals surface area contributed by atoms with Crippen LogP contribution in [0.25, 0.3) is 0 Å². The van der Waals surface area contributed by atoms with E-state index in [1.807, 2.05) is 11.8 Å². The van der Waals surface area contributed by atoms with Gasteiger partial charge in [-0.15, -0.1) is 11.8 Å². The van der Waals surface area contributed by atoms with E-state index in [0.29, 0.717) is 30.3 Å². The summed E-state index contributed by atoms with van der Waals surface area (Å²) in [6.45, 7) is 7.33. The van der Waals surface area contributed by atoms with E-state index in [-0.39, 0.29) is 4.87 Å². The molecule has 2 heterocycles. The Morgan fingerprint density at radius 3 is 2.50 bits per heavy atom. The van der Waals surface area contributed by atoms with Gasteiger partial charge in [0.15, 0.2) is 0 Å². The first kappa shape index (κ1) is 14.9. The van der Waals surface area contributed by atoms with Crippen molar-refractivity contribution in [2.75, 3.05) is 6.61 Å². The van der Waals surface area contributed by atoms with E-state index in [9.17, 15) is 5.11 Å². The lowest BCUT2D eigenvalue weighted by molar-refractivity contribution is 0.191. The van der Waals surface area contributed by atoms with Gasteiger partial charge < -0.3 is 10.8 Å². The van der Waals surface area contributed by atoms with Gasteiger partial charge in [-0.05, 0) is 60.2 Å². The molecule has 0 aromatic carbocycles. The van der Waals surface area contributed by atoms with Crippen LogP contribution in [-0.2, 0) is 0 Å². The molecule has 3 N–H and O–H groups in total. The van der Waals surface area contributed by atoms with Gasteiger partial charge in [0.2, 0.25) is 0 Å². The summed E-state index contributed by atoms with van der Waals surface area (Å²) in [7, 11) is 0. The summed E-state index contributed by atoms with van der Waals surface area (Å²) in [4.78, 5) is 1.57. The first-order valence-corrected chi connectivity index (χ1v) is 9.06. The standard InChI is InChI=1S/C17H29NOS/c1-10-11(2)15(9-19)7-14(10)5-4-13-6-16-12(3)17(18,8-13)20-16/h6,10-15,19H,4-5,7-9,18H2,1-3H3. The molecule has 1 saturated carbocycles. The summed E-state index contributed by atoms with van der Waals surface area (Å²) >= 11 is 1.90. The summed E-state index contributed by atoms with van der Waals surface area (Å²) in [6.07, 6.45) is 7.47. The number of thioether (sulfide) groups is 1. The average molecular weight is 295 g/mol. The fraction of sp³-hybridized carbons (Fsp3) is 0.882. The molecule has 3 heteroatoms. The van der Waals surface area contributed by atoms with Crippen LogP contribution in [0.2, 0.25) is 0 Å². The zero-order valence-electron chi connectivity index (χ0n) is 13.0. The molecule has 2 aliphatic carbocycles. The lowest BCUT2D eigenvalue weighted by atomic mass is 9.79. The molecule has 0 spiro atoms. The van der Waals surface area contributed by atoms with Crippen molar-refractivity contribution in [2.24, 2.45) is 41.2 Å². The number of nitrogens with two attached hydrogens (primary N) is 1. The second-order valence-electron chi connectivity index (χ2n) is 7.55. The molecule has 2 aliphatic heterocycles. The third kappa shape index (κ3) is 2.36. The number of hydrogen-bond acceptors (Lipinski definition) is 3. The molecular weight excluding hydrogens is 266 g/mol. The lowest BCUT2D eigenvalue weighted by Crippen LogP contribution is -2.54. The fourth-order valence-corrected chi connectivity index (χ4v) is 6.09. The average Bonchev–Trinajstić information content (AvgIpc) is 2.71. The van der Waals surface area contributed by atoms with E-state index in [4.69, 9.17) is 5.73 Å². The van der Waals surface area contributed by atoms with Crippen molar-refractivity contribution in [1.82, 2.24) is 0 Å². The van der Waals surface area contributed by atoms with E-state index in [1.165, 1.54) is 24.2 Å². The number of hydrogen-bond donors (Lipinski definition) is 2. The third-order valence-corrected chi connectivity index (χ3v) is 8.14. The summed E-state index contributed by atoms with van der Waals surface area (Å²) in [5.74, 6) is 4.07. The van der Waals surface area contributed by atoms with Crippen molar-refractivity contribution < 1.29 is 5.11 Å². The molecule has 7 atom stereocenters. The molecule has 0 amide bonds. The normalized spacial score (nSPS) is 50.8. The SMILES string of the molecule is CC1C(CO)CC(CCC2C=C3SC(N)(C2)C3C)C1C. The third-order valence-electron chi connectivity index (χ3n) is 6.51. The molecule has 1 saturated heterocycles. The quantitative estimate of drug-likeness (QED) is 0.833. The minimum atomic E-state index is 0.0387. The molecule has 0 aromatic heterocycles. The minimum absolute atomic E-state index is 0.0387. The van der Waals surface area contributed by atoms with Gasteiger partial charge in [0.05, 0.1) is 4.87 Å². The molecule has 0 radical (unpaired) electrons. The van der Waals surface area contributed by atoms with Crippen LogP contribution in [0.15, 0.2) is 11.0 Å². The maximum absolute atomic E-state index is 9.46. The summed E-state index contributed by atoms with van der Waals surface area (Å²) in [5, 5.41) is 9.46. The van der Waals surface area contributed by atoms with E-state index < -0.39 is 0 Å². The monoisotopic (exact) mass is 295 g/mol.